The average molecular weight is 1200 g/mol. The molecule has 2 aromatic carbocycles. The molecule has 25 heteroatoms. The summed E-state index contributed by atoms with van der Waals surface area (Å²) in [5, 5.41) is 30.7. The number of ketones is 2. The molecular weight excluding hydrogens is 1110 g/mol. The molecule has 0 aromatic heterocycles. The third-order valence-corrected chi connectivity index (χ3v) is 18.0. The number of hydrogen-bond donors (Lipinski definition) is 9. The van der Waals surface area contributed by atoms with Crippen molar-refractivity contribution in [2.45, 2.75) is 163 Å². The van der Waals surface area contributed by atoms with Crippen molar-refractivity contribution in [3.05, 3.63) is 70.8 Å². The Morgan fingerprint density at radius 2 is 1.44 bits per heavy atom. The van der Waals surface area contributed by atoms with E-state index in [0.717, 1.165) is 29.5 Å². The summed E-state index contributed by atoms with van der Waals surface area (Å²) < 4.78 is 0. The van der Waals surface area contributed by atoms with E-state index in [4.69, 9.17) is 17.2 Å². The summed E-state index contributed by atoms with van der Waals surface area (Å²) in [6.45, 7) is 4.17. The number of rotatable bonds is 21. The van der Waals surface area contributed by atoms with Gasteiger partial charge in [0.15, 0.2) is 5.78 Å². The minimum Gasteiger partial charge on any atom is -0.481 e. The van der Waals surface area contributed by atoms with Crippen LogP contribution in [0.2, 0.25) is 0 Å². The van der Waals surface area contributed by atoms with Crippen molar-refractivity contribution >= 4 is 100 Å². The van der Waals surface area contributed by atoms with Crippen LogP contribution in [0.15, 0.2) is 48.5 Å². The number of hydrogen-bond acceptors (Lipinski definition) is 16. The molecular formula is C57H81N9O13S3. The fourth-order valence-electron chi connectivity index (χ4n) is 10.3. The number of carbonyl (C=O) groups is 11. The topological polar surface area (TPSA) is 361 Å². The van der Waals surface area contributed by atoms with Crippen molar-refractivity contribution in [3.8, 4) is 0 Å². The summed E-state index contributed by atoms with van der Waals surface area (Å²) in [5.41, 5.74) is 20.2. The Labute approximate surface area is 491 Å². The molecule has 2 saturated heterocycles. The van der Waals surface area contributed by atoms with Crippen molar-refractivity contribution in [1.29, 1.82) is 0 Å². The molecule has 22 nitrogen and oxygen atoms in total. The smallest absolute Gasteiger partial charge is 0.305 e. The van der Waals surface area contributed by atoms with Crippen LogP contribution in [0.3, 0.4) is 0 Å². The number of nitrogens with one attached hydrogen (secondary N) is 4. The molecule has 3 aliphatic rings. The molecule has 0 radical (unpaired) electrons. The largest absolute Gasteiger partial charge is 0.481 e. The van der Waals surface area contributed by atoms with Gasteiger partial charge in [-0.15, -0.1) is 0 Å². The zero-order valence-corrected chi connectivity index (χ0v) is 49.3. The maximum atomic E-state index is 14.8. The van der Waals surface area contributed by atoms with Gasteiger partial charge in [0, 0.05) is 79.8 Å². The molecule has 5 rings (SSSR count). The second-order valence-electron chi connectivity index (χ2n) is 21.3. The second kappa shape index (κ2) is 33.9. The van der Waals surface area contributed by atoms with Gasteiger partial charge in [-0.25, -0.2) is 0 Å². The fraction of sp³-hybridized carbons (Fsp3) is 0.596. The first-order chi connectivity index (χ1) is 39.2. The zero-order chi connectivity index (χ0) is 59.9. The number of thioether (sulfide) groups is 3. The zero-order valence-electron chi connectivity index (χ0n) is 46.8. The van der Waals surface area contributed by atoms with E-state index in [1.807, 2.05) is 19.1 Å². The summed E-state index contributed by atoms with van der Waals surface area (Å²) in [4.78, 5) is 154. The van der Waals surface area contributed by atoms with Gasteiger partial charge in [-0.1, -0.05) is 68.3 Å². The molecule has 12 N–H and O–H groups in total. The minimum absolute atomic E-state index is 0.0199. The van der Waals surface area contributed by atoms with E-state index in [2.05, 4.69) is 27.3 Å². The van der Waals surface area contributed by atoms with Gasteiger partial charge in [0.05, 0.1) is 30.4 Å². The maximum absolute atomic E-state index is 14.8. The highest BCUT2D eigenvalue weighted by atomic mass is 32.2. The van der Waals surface area contributed by atoms with Crippen LogP contribution < -0.4 is 38.5 Å². The Morgan fingerprint density at radius 3 is 2.06 bits per heavy atom. The lowest BCUT2D eigenvalue weighted by molar-refractivity contribution is -0.148. The highest BCUT2D eigenvalue weighted by Crippen LogP contribution is 2.31. The molecule has 3 heterocycles. The Kier molecular flexibility index (Phi) is 27.6. The van der Waals surface area contributed by atoms with Gasteiger partial charge >= 0.3 is 5.97 Å². The molecule has 3 aliphatic heterocycles. The number of fused-ring (bicyclic) bond motifs is 4. The van der Waals surface area contributed by atoms with E-state index < -0.39 is 127 Å². The number of aliphatic hydroxyl groups excluding tert-OH is 1. The number of carboxylic acids is 1. The molecule has 0 unspecified atom stereocenters. The predicted octanol–water partition coefficient (Wildman–Crippen LogP) is 1.86. The summed E-state index contributed by atoms with van der Waals surface area (Å²) in [7, 11) is 0. The lowest BCUT2D eigenvalue weighted by atomic mass is 9.94. The first-order valence-electron chi connectivity index (χ1n) is 28.1. The van der Waals surface area contributed by atoms with E-state index in [0.29, 0.717) is 67.2 Å². The van der Waals surface area contributed by atoms with Crippen molar-refractivity contribution in [3.63, 3.8) is 0 Å². The monoisotopic (exact) mass is 1200 g/mol. The average Bonchev–Trinajstić information content (AvgIpc) is 4.18. The number of amides is 8. The molecule has 9 atom stereocenters. The first kappa shape index (κ1) is 66.8. The highest BCUT2D eigenvalue weighted by molar-refractivity contribution is 7.99. The molecule has 450 valence electrons. The molecule has 2 fully saturated rings. The number of primary amides is 2. The van der Waals surface area contributed by atoms with E-state index in [1.165, 1.54) is 40.2 Å². The Morgan fingerprint density at radius 1 is 0.793 bits per heavy atom. The normalized spacial score (nSPS) is 23.7. The lowest BCUT2D eigenvalue weighted by Gasteiger charge is -2.33. The molecule has 2 bridgehead atoms. The Hall–Kier alpha value is -6.02. The summed E-state index contributed by atoms with van der Waals surface area (Å²) in [6, 6.07) is 6.32. The van der Waals surface area contributed by atoms with Crippen LogP contribution in [0.25, 0.3) is 0 Å². The quantitative estimate of drug-likeness (QED) is 0.0806. The molecule has 8 amide bonds. The summed E-state index contributed by atoms with van der Waals surface area (Å²) in [5.74, 6) is -8.22. The minimum atomic E-state index is -1.70. The Balaban J connectivity index is 1.58. The summed E-state index contributed by atoms with van der Waals surface area (Å²) >= 11 is 4.41. The van der Waals surface area contributed by atoms with Crippen molar-refractivity contribution < 1.29 is 63.0 Å². The molecule has 0 aliphatic carbocycles. The molecule has 82 heavy (non-hydrogen) atoms. The van der Waals surface area contributed by atoms with Gasteiger partial charge in [0.25, 0.3) is 0 Å². The molecule has 2 aromatic rings. The van der Waals surface area contributed by atoms with Gasteiger partial charge in [-0.05, 0) is 74.1 Å². The van der Waals surface area contributed by atoms with Crippen LogP contribution in [0.1, 0.15) is 120 Å². The number of Topliss-reactive ketones (excluding diaryl/α,β-unsaturated/α-hetero) is 2. The van der Waals surface area contributed by atoms with Crippen LogP contribution in [-0.2, 0) is 76.4 Å². The summed E-state index contributed by atoms with van der Waals surface area (Å²) in [6.07, 6.45) is 0.298. The van der Waals surface area contributed by atoms with Crippen molar-refractivity contribution in [2.75, 3.05) is 36.9 Å². The predicted molar refractivity (Wildman–Crippen MR) is 313 cm³/mol. The van der Waals surface area contributed by atoms with E-state index in [-0.39, 0.29) is 62.0 Å². The highest BCUT2D eigenvalue weighted by Gasteiger charge is 2.45. The van der Waals surface area contributed by atoms with E-state index in [1.54, 1.807) is 42.1 Å². The number of aliphatic carboxylic acids is 1. The number of nitrogens with zero attached hydrogens (tertiary/aromatic N) is 2. The third kappa shape index (κ3) is 21.0. The van der Waals surface area contributed by atoms with Gasteiger partial charge < -0.3 is 58.5 Å². The van der Waals surface area contributed by atoms with Gasteiger partial charge in [0.1, 0.15) is 36.0 Å². The number of unbranched alkanes of at least 4 members (excludes halogenated alkanes) is 2. The number of carbonyl (C=O) groups excluding carboxylic acids is 10. The third-order valence-electron chi connectivity index (χ3n) is 14.6. The fourth-order valence-corrected chi connectivity index (χ4v) is 13.2. The SMILES string of the molecule is CCCCCC(=O)C[C@H]1CSCc2cc(CSCCN)cc(c2)CSC[C@@H](C(=O)N[C@@H](CC(=O)O)C(N)=O)CC(=O)[C@H](Cc2ccccc2)NC(=O)[C@H](CCC(N)=O)NC(=O)[C@H]([C@@H](C)O)NC(=O)[C@@H]2CCCN2C(=O)[C@@H]2CCCN2C1=O. The Bertz CT molecular complexity index is 2580. The maximum Gasteiger partial charge on any atom is 0.305 e. The second-order valence-corrected chi connectivity index (χ2v) is 24.4. The molecule has 0 spiro atoms. The van der Waals surface area contributed by atoms with Crippen LogP contribution in [0.4, 0.5) is 0 Å². The standard InChI is InChI=1S/C57H81N9O13S3/c1-3-4-6-13-41(68)26-40-33-82-31-38-23-36(29-80-21-18-58)22-37(24-38)30-81-32-39(52(74)63-44(51(60)73)28-49(71)72)27-47(69)43(25-35-11-7-5-8-12-35)62-53(75)42(16-17-48(59)70)61-55(77)50(34(2)67)64-54(76)45-14-9-19-65(45)57(79)46-15-10-20-66(46)56(40)78/h5,7-8,11-12,22-24,34,39-40,42-46,50,67H,3-4,6,9-10,13-21,25-33,58H2,1-2H3,(H2,59,70)(H2,60,73)(H,61,77)(H,62,75)(H,63,74)(H,64,76)(H,71,72)/t34-,39+,40+,42+,43+,44+,45+,46+,50+/m1/s1. The number of benzene rings is 2. The number of nitrogens with two attached hydrogens (primary N) is 3. The van der Waals surface area contributed by atoms with E-state index in [9.17, 15) is 63.0 Å². The van der Waals surface area contributed by atoms with Crippen LogP contribution in [0, 0.1) is 11.8 Å². The van der Waals surface area contributed by atoms with Gasteiger partial charge in [-0.3, -0.25) is 52.7 Å². The van der Waals surface area contributed by atoms with Crippen LogP contribution in [0.5, 0.6) is 0 Å². The van der Waals surface area contributed by atoms with Crippen molar-refractivity contribution in [2.24, 2.45) is 29.0 Å². The van der Waals surface area contributed by atoms with E-state index >= 15 is 0 Å². The molecule has 0 saturated carbocycles. The number of carboxylic acid groups (broad SMARTS) is 1. The van der Waals surface area contributed by atoms with Gasteiger partial charge in [-0.2, -0.15) is 35.3 Å². The first-order valence-corrected chi connectivity index (χ1v) is 31.6. The van der Waals surface area contributed by atoms with Crippen LogP contribution in [-0.4, -0.2) is 164 Å². The lowest BCUT2D eigenvalue weighted by Crippen LogP contribution is -2.61. The number of aliphatic hydroxyl groups is 1. The van der Waals surface area contributed by atoms with Gasteiger partial charge in [0.2, 0.25) is 47.3 Å². The van der Waals surface area contributed by atoms with Crippen LogP contribution >= 0.6 is 35.3 Å². The van der Waals surface area contributed by atoms with Crippen molar-refractivity contribution in [1.82, 2.24) is 31.1 Å².